The fourth-order valence-corrected chi connectivity index (χ4v) is 3.66. The molecule has 2 aliphatic rings. The summed E-state index contributed by atoms with van der Waals surface area (Å²) in [5.41, 5.74) is 0. The van der Waals surface area contributed by atoms with Gasteiger partial charge in [0.2, 0.25) is 5.91 Å². The second kappa shape index (κ2) is 6.24. The lowest BCUT2D eigenvalue weighted by molar-refractivity contribution is -0.122. The fourth-order valence-electron chi connectivity index (χ4n) is 2.80. The van der Waals surface area contributed by atoms with Crippen molar-refractivity contribution in [1.82, 2.24) is 10.2 Å². The van der Waals surface area contributed by atoms with Gasteiger partial charge >= 0.3 is 0 Å². The van der Waals surface area contributed by atoms with Crippen molar-refractivity contribution in [3.8, 4) is 0 Å². The van der Waals surface area contributed by atoms with Gasteiger partial charge in [-0.15, -0.1) is 11.3 Å². The highest BCUT2D eigenvalue weighted by molar-refractivity contribution is 7.10. The molecule has 1 aromatic rings. The van der Waals surface area contributed by atoms with E-state index in [9.17, 15) is 4.79 Å². The van der Waals surface area contributed by atoms with E-state index in [2.05, 4.69) is 34.7 Å². The van der Waals surface area contributed by atoms with Crippen molar-refractivity contribution in [1.29, 1.82) is 0 Å². The van der Waals surface area contributed by atoms with Gasteiger partial charge in [-0.1, -0.05) is 13.0 Å². The quantitative estimate of drug-likeness (QED) is 0.902. The topological polar surface area (TPSA) is 41.6 Å². The van der Waals surface area contributed by atoms with Crippen LogP contribution in [-0.4, -0.2) is 43.7 Å². The van der Waals surface area contributed by atoms with E-state index in [-0.39, 0.29) is 17.9 Å². The summed E-state index contributed by atoms with van der Waals surface area (Å²) >= 11 is 1.77. The Kier molecular flexibility index (Phi) is 4.38. The molecular formula is C15H22N2O2S. The standard InChI is InChI=1S/C15H22N2O2S/c1-11-9-12(11)15(18)16-10-13(14-3-2-8-20-14)17-4-6-19-7-5-17/h2-3,8,11-13H,4-7,9-10H2,1H3,(H,16,18). The Balaban J connectivity index is 1.61. The van der Waals surface area contributed by atoms with Crippen molar-refractivity contribution >= 4 is 17.2 Å². The van der Waals surface area contributed by atoms with Gasteiger partial charge in [-0.05, 0) is 23.8 Å². The molecular weight excluding hydrogens is 272 g/mol. The van der Waals surface area contributed by atoms with Crippen molar-refractivity contribution < 1.29 is 9.53 Å². The van der Waals surface area contributed by atoms with Crippen LogP contribution in [0.5, 0.6) is 0 Å². The molecule has 1 aliphatic heterocycles. The summed E-state index contributed by atoms with van der Waals surface area (Å²) in [4.78, 5) is 15.8. The number of ether oxygens (including phenoxy) is 1. The monoisotopic (exact) mass is 294 g/mol. The van der Waals surface area contributed by atoms with Gasteiger partial charge in [0.25, 0.3) is 0 Å². The van der Waals surface area contributed by atoms with Crippen LogP contribution in [-0.2, 0) is 9.53 Å². The Morgan fingerprint density at radius 3 is 2.90 bits per heavy atom. The SMILES string of the molecule is CC1CC1C(=O)NCC(c1cccs1)N1CCOCC1. The zero-order chi connectivity index (χ0) is 13.9. The first kappa shape index (κ1) is 14.0. The van der Waals surface area contributed by atoms with E-state index in [0.717, 1.165) is 32.7 Å². The van der Waals surface area contributed by atoms with Gasteiger partial charge in [0.05, 0.1) is 19.3 Å². The minimum Gasteiger partial charge on any atom is -0.379 e. The van der Waals surface area contributed by atoms with E-state index in [4.69, 9.17) is 4.74 Å². The predicted molar refractivity (Wildman–Crippen MR) is 79.7 cm³/mol. The zero-order valence-corrected chi connectivity index (χ0v) is 12.7. The maximum Gasteiger partial charge on any atom is 0.223 e. The minimum atomic E-state index is 0.229. The molecule has 1 saturated carbocycles. The molecule has 2 fully saturated rings. The molecule has 3 rings (SSSR count). The average Bonchev–Trinajstić information content (AvgIpc) is 2.98. The highest BCUT2D eigenvalue weighted by Crippen LogP contribution is 2.37. The van der Waals surface area contributed by atoms with Crippen LogP contribution in [0.1, 0.15) is 24.3 Å². The molecule has 3 atom stereocenters. The molecule has 1 amide bonds. The molecule has 3 unspecified atom stereocenters. The summed E-state index contributed by atoms with van der Waals surface area (Å²) in [6.07, 6.45) is 1.05. The molecule has 0 spiro atoms. The third-order valence-corrected chi connectivity index (χ3v) is 5.25. The van der Waals surface area contributed by atoms with E-state index in [1.807, 2.05) is 0 Å². The number of hydrogen-bond donors (Lipinski definition) is 1. The predicted octanol–water partition coefficient (Wildman–Crippen LogP) is 1.89. The number of thiophene rings is 1. The summed E-state index contributed by atoms with van der Waals surface area (Å²) in [6, 6.07) is 4.53. The van der Waals surface area contributed by atoms with Gasteiger partial charge in [0.15, 0.2) is 0 Å². The second-order valence-corrected chi connectivity index (χ2v) is 6.72. The number of carbonyl (C=O) groups is 1. The van der Waals surface area contributed by atoms with E-state index in [0.29, 0.717) is 12.5 Å². The first-order chi connectivity index (χ1) is 9.75. The summed E-state index contributed by atoms with van der Waals surface area (Å²) in [6.45, 7) is 6.31. The van der Waals surface area contributed by atoms with Crippen LogP contribution >= 0.6 is 11.3 Å². The van der Waals surface area contributed by atoms with E-state index >= 15 is 0 Å². The zero-order valence-electron chi connectivity index (χ0n) is 11.9. The van der Waals surface area contributed by atoms with Gasteiger partial charge < -0.3 is 10.1 Å². The number of nitrogens with zero attached hydrogens (tertiary/aromatic N) is 1. The second-order valence-electron chi connectivity index (χ2n) is 5.74. The molecule has 20 heavy (non-hydrogen) atoms. The molecule has 1 saturated heterocycles. The fraction of sp³-hybridized carbons (Fsp3) is 0.667. The Bertz CT molecular complexity index is 443. The minimum absolute atomic E-state index is 0.229. The maximum atomic E-state index is 12.0. The summed E-state index contributed by atoms with van der Waals surface area (Å²) < 4.78 is 5.43. The van der Waals surface area contributed by atoms with Crippen LogP contribution in [0.25, 0.3) is 0 Å². The molecule has 1 N–H and O–H groups in total. The molecule has 4 nitrogen and oxygen atoms in total. The van der Waals surface area contributed by atoms with E-state index < -0.39 is 0 Å². The van der Waals surface area contributed by atoms with Crippen molar-refractivity contribution in [3.05, 3.63) is 22.4 Å². The third-order valence-electron chi connectivity index (χ3n) is 4.27. The largest absolute Gasteiger partial charge is 0.379 e. The van der Waals surface area contributed by atoms with Crippen LogP contribution < -0.4 is 5.32 Å². The Morgan fingerprint density at radius 1 is 1.55 bits per heavy atom. The number of carbonyl (C=O) groups excluding carboxylic acids is 1. The van der Waals surface area contributed by atoms with Crippen molar-refractivity contribution in [3.63, 3.8) is 0 Å². The highest BCUT2D eigenvalue weighted by Gasteiger charge is 2.39. The lowest BCUT2D eigenvalue weighted by Crippen LogP contribution is -2.43. The summed E-state index contributed by atoms with van der Waals surface area (Å²) in [5.74, 6) is 1.05. The normalized spacial score (nSPS) is 28.1. The number of amides is 1. The molecule has 1 aliphatic carbocycles. The van der Waals surface area contributed by atoms with Crippen LogP contribution in [0.15, 0.2) is 17.5 Å². The highest BCUT2D eigenvalue weighted by atomic mass is 32.1. The molecule has 110 valence electrons. The van der Waals surface area contributed by atoms with Crippen molar-refractivity contribution in [2.24, 2.45) is 11.8 Å². The Labute approximate surface area is 124 Å². The number of morpholine rings is 1. The smallest absolute Gasteiger partial charge is 0.223 e. The Hall–Kier alpha value is -0.910. The maximum absolute atomic E-state index is 12.0. The average molecular weight is 294 g/mol. The summed E-state index contributed by atoms with van der Waals surface area (Å²) in [5, 5.41) is 5.25. The van der Waals surface area contributed by atoms with Crippen LogP contribution in [0.4, 0.5) is 0 Å². The van der Waals surface area contributed by atoms with Crippen LogP contribution in [0, 0.1) is 11.8 Å². The molecule has 5 heteroatoms. The number of rotatable bonds is 5. The van der Waals surface area contributed by atoms with Gasteiger partial charge in [-0.25, -0.2) is 0 Å². The molecule has 0 radical (unpaired) electrons. The lowest BCUT2D eigenvalue weighted by Gasteiger charge is -2.34. The van der Waals surface area contributed by atoms with Crippen LogP contribution in [0.2, 0.25) is 0 Å². The van der Waals surface area contributed by atoms with Gasteiger partial charge in [0.1, 0.15) is 0 Å². The number of nitrogens with one attached hydrogen (secondary N) is 1. The van der Waals surface area contributed by atoms with Gasteiger partial charge in [-0.3, -0.25) is 9.69 Å². The molecule has 1 aromatic heterocycles. The molecule has 0 aromatic carbocycles. The van der Waals surface area contributed by atoms with Gasteiger partial charge in [0, 0.05) is 30.4 Å². The number of hydrogen-bond acceptors (Lipinski definition) is 4. The van der Waals surface area contributed by atoms with Crippen molar-refractivity contribution in [2.45, 2.75) is 19.4 Å². The molecule has 0 bridgehead atoms. The molecule has 2 heterocycles. The van der Waals surface area contributed by atoms with Crippen LogP contribution in [0.3, 0.4) is 0 Å². The lowest BCUT2D eigenvalue weighted by atomic mass is 10.2. The Morgan fingerprint density at radius 2 is 2.30 bits per heavy atom. The first-order valence-electron chi connectivity index (χ1n) is 7.38. The van der Waals surface area contributed by atoms with E-state index in [1.54, 1.807) is 11.3 Å². The van der Waals surface area contributed by atoms with Gasteiger partial charge in [-0.2, -0.15) is 0 Å². The summed E-state index contributed by atoms with van der Waals surface area (Å²) in [7, 11) is 0. The van der Waals surface area contributed by atoms with Crippen molar-refractivity contribution in [2.75, 3.05) is 32.8 Å². The third kappa shape index (κ3) is 3.22. The van der Waals surface area contributed by atoms with E-state index in [1.165, 1.54) is 4.88 Å². The first-order valence-corrected chi connectivity index (χ1v) is 8.26.